The van der Waals surface area contributed by atoms with E-state index in [1.807, 2.05) is 0 Å². The van der Waals surface area contributed by atoms with E-state index in [0.717, 1.165) is 12.0 Å². The lowest BCUT2D eigenvalue weighted by Gasteiger charge is -2.37. The first kappa shape index (κ1) is 13.4. The molecule has 7 heteroatoms. The van der Waals surface area contributed by atoms with E-state index in [4.69, 9.17) is 5.11 Å². The Morgan fingerprint density at radius 2 is 2.32 bits per heavy atom. The van der Waals surface area contributed by atoms with Crippen LogP contribution in [0.4, 0.5) is 4.79 Å². The van der Waals surface area contributed by atoms with Crippen LogP contribution in [0.1, 0.15) is 24.8 Å². The highest BCUT2D eigenvalue weighted by Gasteiger charge is 2.44. The van der Waals surface area contributed by atoms with Crippen molar-refractivity contribution in [1.29, 1.82) is 0 Å². The molecule has 0 radical (unpaired) electrons. The number of aromatic nitrogens is 2. The summed E-state index contributed by atoms with van der Waals surface area (Å²) in [7, 11) is 1.66. The number of aromatic amines is 1. The molecule has 1 aromatic heterocycles. The summed E-state index contributed by atoms with van der Waals surface area (Å²) in [6, 6.07) is -0.270. The summed E-state index contributed by atoms with van der Waals surface area (Å²) >= 11 is 0. The molecule has 1 heterocycles. The fraction of sp³-hybridized carbons (Fsp3) is 0.583. The minimum atomic E-state index is -0.823. The zero-order valence-corrected chi connectivity index (χ0v) is 10.8. The largest absolute Gasteiger partial charge is 0.481 e. The summed E-state index contributed by atoms with van der Waals surface area (Å²) in [5, 5.41) is 18.3. The van der Waals surface area contributed by atoms with E-state index < -0.39 is 11.4 Å². The van der Waals surface area contributed by atoms with Crippen LogP contribution in [-0.2, 0) is 11.3 Å². The van der Waals surface area contributed by atoms with Crippen molar-refractivity contribution in [3.05, 3.63) is 18.0 Å². The predicted octanol–water partition coefficient (Wildman–Crippen LogP) is 0.806. The van der Waals surface area contributed by atoms with Crippen LogP contribution in [0, 0.1) is 5.41 Å². The van der Waals surface area contributed by atoms with Gasteiger partial charge in [0.25, 0.3) is 0 Å². The molecule has 2 rings (SSSR count). The molecule has 1 aliphatic carbocycles. The molecule has 0 saturated heterocycles. The zero-order valence-electron chi connectivity index (χ0n) is 10.8. The number of carboxylic acid groups (broad SMARTS) is 1. The number of amides is 2. The molecule has 19 heavy (non-hydrogen) atoms. The molecule has 0 bridgehead atoms. The molecule has 0 aromatic carbocycles. The van der Waals surface area contributed by atoms with Gasteiger partial charge < -0.3 is 15.3 Å². The van der Waals surface area contributed by atoms with Crippen molar-refractivity contribution in [3.8, 4) is 0 Å². The molecular weight excluding hydrogens is 248 g/mol. The molecule has 2 amide bonds. The van der Waals surface area contributed by atoms with Gasteiger partial charge in [0.15, 0.2) is 0 Å². The number of aliphatic carboxylic acids is 1. The lowest BCUT2D eigenvalue weighted by molar-refractivity contribution is -0.153. The van der Waals surface area contributed by atoms with Gasteiger partial charge in [0.05, 0.1) is 18.2 Å². The van der Waals surface area contributed by atoms with E-state index >= 15 is 0 Å². The SMILES string of the molecule is CN(Cc1cn[nH]c1)C(=O)NCC1(C(=O)O)CCC1. The van der Waals surface area contributed by atoms with Crippen molar-refractivity contribution < 1.29 is 14.7 Å². The second kappa shape index (κ2) is 5.29. The maximum atomic E-state index is 11.9. The Bertz CT molecular complexity index is 454. The zero-order chi connectivity index (χ0) is 13.9. The molecule has 1 aromatic rings. The van der Waals surface area contributed by atoms with Gasteiger partial charge in [-0.3, -0.25) is 9.89 Å². The van der Waals surface area contributed by atoms with Gasteiger partial charge in [0, 0.05) is 25.4 Å². The first-order chi connectivity index (χ1) is 9.03. The van der Waals surface area contributed by atoms with Crippen molar-refractivity contribution in [3.63, 3.8) is 0 Å². The smallest absolute Gasteiger partial charge is 0.317 e. The monoisotopic (exact) mass is 266 g/mol. The van der Waals surface area contributed by atoms with Gasteiger partial charge in [0.1, 0.15) is 0 Å². The van der Waals surface area contributed by atoms with E-state index in [9.17, 15) is 9.59 Å². The van der Waals surface area contributed by atoms with Crippen LogP contribution in [0.15, 0.2) is 12.4 Å². The Morgan fingerprint density at radius 1 is 1.58 bits per heavy atom. The van der Waals surface area contributed by atoms with Crippen molar-refractivity contribution in [2.45, 2.75) is 25.8 Å². The van der Waals surface area contributed by atoms with Gasteiger partial charge in [-0.2, -0.15) is 5.10 Å². The summed E-state index contributed by atoms with van der Waals surface area (Å²) in [6.07, 6.45) is 5.54. The van der Waals surface area contributed by atoms with Crippen LogP contribution in [0.5, 0.6) is 0 Å². The molecule has 0 atom stereocenters. The number of carboxylic acids is 1. The van der Waals surface area contributed by atoms with E-state index in [1.54, 1.807) is 19.4 Å². The number of rotatable bonds is 5. The molecule has 7 nitrogen and oxygen atoms in total. The number of urea groups is 1. The van der Waals surface area contributed by atoms with Crippen molar-refractivity contribution in [2.24, 2.45) is 5.41 Å². The summed E-state index contributed by atoms with van der Waals surface area (Å²) in [4.78, 5) is 24.5. The van der Waals surface area contributed by atoms with E-state index in [2.05, 4.69) is 15.5 Å². The highest BCUT2D eigenvalue weighted by atomic mass is 16.4. The fourth-order valence-corrected chi connectivity index (χ4v) is 2.16. The average Bonchev–Trinajstić information content (AvgIpc) is 2.79. The number of nitrogens with one attached hydrogen (secondary N) is 2. The summed E-state index contributed by atoms with van der Waals surface area (Å²) in [6.45, 7) is 0.624. The molecule has 1 saturated carbocycles. The lowest BCUT2D eigenvalue weighted by atomic mass is 9.69. The minimum absolute atomic E-state index is 0.191. The molecular formula is C12H18N4O3. The summed E-state index contributed by atoms with van der Waals surface area (Å²) < 4.78 is 0. The topological polar surface area (TPSA) is 98.3 Å². The van der Waals surface area contributed by atoms with E-state index in [1.165, 1.54) is 4.90 Å². The molecule has 3 N–H and O–H groups in total. The molecule has 104 valence electrons. The number of carbonyl (C=O) groups excluding carboxylic acids is 1. The number of nitrogens with zero attached hydrogens (tertiary/aromatic N) is 2. The molecule has 1 fully saturated rings. The summed E-state index contributed by atoms with van der Waals surface area (Å²) in [5.74, 6) is -0.823. The summed E-state index contributed by atoms with van der Waals surface area (Å²) in [5.41, 5.74) is 0.140. The van der Waals surface area contributed by atoms with Crippen LogP contribution in [0.3, 0.4) is 0 Å². The standard InChI is InChI=1S/C12H18N4O3/c1-16(7-9-5-14-15-6-9)11(19)13-8-12(10(17)18)3-2-4-12/h5-6H,2-4,7-8H2,1H3,(H,13,19)(H,14,15)(H,17,18). The van der Waals surface area contributed by atoms with Gasteiger partial charge in [-0.15, -0.1) is 0 Å². The highest BCUT2D eigenvalue weighted by Crippen LogP contribution is 2.40. The molecule has 0 spiro atoms. The third kappa shape index (κ3) is 2.86. The van der Waals surface area contributed by atoms with Gasteiger partial charge in [-0.1, -0.05) is 6.42 Å². The van der Waals surface area contributed by atoms with Crippen LogP contribution in [0.2, 0.25) is 0 Å². The number of hydrogen-bond acceptors (Lipinski definition) is 3. The quantitative estimate of drug-likeness (QED) is 0.734. The minimum Gasteiger partial charge on any atom is -0.481 e. The third-order valence-corrected chi connectivity index (χ3v) is 3.66. The fourth-order valence-electron chi connectivity index (χ4n) is 2.16. The van der Waals surface area contributed by atoms with Gasteiger partial charge in [0.2, 0.25) is 0 Å². The number of carbonyl (C=O) groups is 2. The van der Waals surface area contributed by atoms with Crippen LogP contribution < -0.4 is 5.32 Å². The Balaban J connectivity index is 1.82. The van der Waals surface area contributed by atoms with Crippen LogP contribution >= 0.6 is 0 Å². The number of hydrogen-bond donors (Lipinski definition) is 3. The van der Waals surface area contributed by atoms with Crippen molar-refractivity contribution >= 4 is 12.0 Å². The van der Waals surface area contributed by atoms with E-state index in [0.29, 0.717) is 19.4 Å². The first-order valence-electron chi connectivity index (χ1n) is 6.23. The van der Waals surface area contributed by atoms with Gasteiger partial charge in [-0.25, -0.2) is 4.79 Å². The maximum absolute atomic E-state index is 11.9. The second-order valence-corrected chi connectivity index (χ2v) is 5.06. The normalized spacial score (nSPS) is 16.5. The lowest BCUT2D eigenvalue weighted by Crippen LogP contribution is -2.49. The van der Waals surface area contributed by atoms with Gasteiger partial charge >= 0.3 is 12.0 Å². The highest BCUT2D eigenvalue weighted by molar-refractivity contribution is 5.78. The third-order valence-electron chi connectivity index (χ3n) is 3.66. The molecule has 0 aliphatic heterocycles. The Morgan fingerprint density at radius 3 is 2.79 bits per heavy atom. The Hall–Kier alpha value is -2.05. The van der Waals surface area contributed by atoms with Crippen LogP contribution in [0.25, 0.3) is 0 Å². The average molecular weight is 266 g/mol. The Labute approximate surface area is 111 Å². The molecule has 0 unspecified atom stereocenters. The first-order valence-corrected chi connectivity index (χ1v) is 6.23. The van der Waals surface area contributed by atoms with Crippen LogP contribution in [-0.4, -0.2) is 45.8 Å². The molecule has 1 aliphatic rings. The van der Waals surface area contributed by atoms with Gasteiger partial charge in [-0.05, 0) is 12.8 Å². The second-order valence-electron chi connectivity index (χ2n) is 5.06. The Kier molecular flexibility index (Phi) is 3.73. The van der Waals surface area contributed by atoms with Crippen molar-refractivity contribution in [1.82, 2.24) is 20.4 Å². The van der Waals surface area contributed by atoms with E-state index in [-0.39, 0.29) is 12.6 Å². The number of H-pyrrole nitrogens is 1. The maximum Gasteiger partial charge on any atom is 0.317 e. The predicted molar refractivity (Wildman–Crippen MR) is 67.4 cm³/mol. The van der Waals surface area contributed by atoms with Crippen molar-refractivity contribution in [2.75, 3.05) is 13.6 Å².